The summed E-state index contributed by atoms with van der Waals surface area (Å²) in [6.45, 7) is 3.73. The smallest absolute Gasteiger partial charge is 0.321 e. The molecule has 0 unspecified atom stereocenters. The molecule has 3 N–H and O–H groups in total. The number of carbonyl (C=O) groups is 2. The number of hydrogen-bond acceptors (Lipinski definition) is 7. The molecule has 1 heterocycles. The van der Waals surface area contributed by atoms with Crippen molar-refractivity contribution in [3.8, 4) is 11.5 Å². The highest BCUT2D eigenvalue weighted by atomic mass is 32.2. The van der Waals surface area contributed by atoms with Crippen molar-refractivity contribution in [2.75, 3.05) is 43.9 Å². The molecule has 12 heteroatoms. The number of methoxy groups -OCH3 is 1. The number of para-hydroxylation sites is 1. The molecule has 42 heavy (non-hydrogen) atoms. The van der Waals surface area contributed by atoms with Crippen molar-refractivity contribution in [1.29, 1.82) is 0 Å². The zero-order valence-electron chi connectivity index (χ0n) is 24.0. The molecule has 3 aromatic carbocycles. The van der Waals surface area contributed by atoms with Gasteiger partial charge in [0.05, 0.1) is 42.4 Å². The summed E-state index contributed by atoms with van der Waals surface area (Å²) in [6, 6.07) is 18.5. The third-order valence-corrected chi connectivity index (χ3v) is 8.51. The van der Waals surface area contributed by atoms with Gasteiger partial charge in [0.25, 0.3) is 15.9 Å². The topological polar surface area (TPSA) is 138 Å². The summed E-state index contributed by atoms with van der Waals surface area (Å²) >= 11 is 0. The van der Waals surface area contributed by atoms with Gasteiger partial charge >= 0.3 is 6.03 Å². The zero-order chi connectivity index (χ0) is 30.4. The lowest BCUT2D eigenvalue weighted by molar-refractivity contribution is 0.0373. The summed E-state index contributed by atoms with van der Waals surface area (Å²) in [6.07, 6.45) is -0.640. The van der Waals surface area contributed by atoms with Crippen LogP contribution in [0.15, 0.2) is 77.7 Å². The molecule has 0 aromatic heterocycles. The summed E-state index contributed by atoms with van der Waals surface area (Å²) in [5.41, 5.74) is 0.812. The maximum Gasteiger partial charge on any atom is 0.321 e. The number of sulfonamides is 1. The van der Waals surface area contributed by atoms with Gasteiger partial charge in [-0.15, -0.1) is 0 Å². The normalized spacial score (nSPS) is 17.6. The van der Waals surface area contributed by atoms with Crippen molar-refractivity contribution in [2.45, 2.75) is 30.9 Å². The van der Waals surface area contributed by atoms with Gasteiger partial charge in [-0.3, -0.25) is 9.52 Å². The van der Waals surface area contributed by atoms with E-state index in [1.807, 2.05) is 6.92 Å². The Morgan fingerprint density at radius 1 is 1.12 bits per heavy atom. The molecule has 0 spiro atoms. The first-order chi connectivity index (χ1) is 20.0. The molecule has 3 atom stereocenters. The highest BCUT2D eigenvalue weighted by molar-refractivity contribution is 7.92. The largest absolute Gasteiger partial charge is 0.497 e. The number of hydrogen-bond donors (Lipinski definition) is 3. The molecule has 3 aromatic rings. The maximum absolute atomic E-state index is 13.7. The first kappa shape index (κ1) is 30.7. The number of nitrogens with one attached hydrogen (secondary N) is 2. The molecule has 0 aliphatic carbocycles. The van der Waals surface area contributed by atoms with Gasteiger partial charge < -0.3 is 29.7 Å². The first-order valence-electron chi connectivity index (χ1n) is 13.5. The van der Waals surface area contributed by atoms with E-state index >= 15 is 0 Å². The second kappa shape index (κ2) is 13.1. The Morgan fingerprint density at radius 2 is 1.81 bits per heavy atom. The lowest BCUT2D eigenvalue weighted by Gasteiger charge is -2.38. The third kappa shape index (κ3) is 6.94. The quantitative estimate of drug-likeness (QED) is 0.341. The van der Waals surface area contributed by atoms with E-state index in [0.29, 0.717) is 11.4 Å². The standard InChI is InChI=1S/C30H36N4O7S/c1-20-17-34(21(2)19-35)29(36)25-11-8-12-26(32-42(38,39)24-9-6-5-7-10-24)28(25)41-27(20)18-33(3)30(37)31-22-13-15-23(40-4)16-14-22/h5-16,20-21,27,32,35H,17-19H2,1-4H3,(H,31,37)/t20-,21+,27+/m0/s1. The molecular formula is C30H36N4O7S. The van der Waals surface area contributed by atoms with Crippen molar-refractivity contribution in [3.05, 3.63) is 78.4 Å². The number of carbonyl (C=O) groups excluding carboxylic acids is 2. The number of aliphatic hydroxyl groups is 1. The van der Waals surface area contributed by atoms with Crippen LogP contribution in [0.25, 0.3) is 0 Å². The molecule has 0 saturated heterocycles. The zero-order valence-corrected chi connectivity index (χ0v) is 24.8. The molecule has 0 radical (unpaired) electrons. The lowest BCUT2D eigenvalue weighted by Crippen LogP contribution is -2.50. The predicted molar refractivity (Wildman–Crippen MR) is 159 cm³/mol. The number of likely N-dealkylation sites (N-methyl/N-ethyl adjacent to an activating group) is 1. The third-order valence-electron chi connectivity index (χ3n) is 7.13. The van der Waals surface area contributed by atoms with Crippen LogP contribution in [-0.2, 0) is 10.0 Å². The highest BCUT2D eigenvalue weighted by Gasteiger charge is 2.35. The van der Waals surface area contributed by atoms with E-state index in [9.17, 15) is 23.1 Å². The highest BCUT2D eigenvalue weighted by Crippen LogP contribution is 2.36. The van der Waals surface area contributed by atoms with Gasteiger partial charge in [-0.1, -0.05) is 31.2 Å². The Kier molecular flexibility index (Phi) is 9.59. The van der Waals surface area contributed by atoms with Crippen LogP contribution in [0.1, 0.15) is 24.2 Å². The van der Waals surface area contributed by atoms with Crippen LogP contribution in [0.4, 0.5) is 16.2 Å². The molecule has 0 bridgehead atoms. The Balaban J connectivity index is 1.66. The summed E-state index contributed by atoms with van der Waals surface area (Å²) < 4.78 is 40.6. The summed E-state index contributed by atoms with van der Waals surface area (Å²) in [4.78, 5) is 29.8. The van der Waals surface area contributed by atoms with Crippen molar-refractivity contribution < 1.29 is 32.6 Å². The van der Waals surface area contributed by atoms with Crippen LogP contribution in [0.2, 0.25) is 0 Å². The van der Waals surface area contributed by atoms with E-state index in [2.05, 4.69) is 10.0 Å². The minimum absolute atomic E-state index is 0.0511. The second-order valence-electron chi connectivity index (χ2n) is 10.3. The van der Waals surface area contributed by atoms with Gasteiger partial charge in [-0.2, -0.15) is 0 Å². The van der Waals surface area contributed by atoms with Gasteiger partial charge in [-0.25, -0.2) is 13.2 Å². The van der Waals surface area contributed by atoms with Gasteiger partial charge in [0.2, 0.25) is 0 Å². The first-order valence-corrected chi connectivity index (χ1v) is 15.0. The monoisotopic (exact) mass is 596 g/mol. The number of aliphatic hydroxyl groups excluding tert-OH is 1. The van der Waals surface area contributed by atoms with Crippen LogP contribution in [0.3, 0.4) is 0 Å². The van der Waals surface area contributed by atoms with E-state index in [1.165, 1.54) is 23.1 Å². The van der Waals surface area contributed by atoms with Crippen molar-refractivity contribution in [2.24, 2.45) is 5.92 Å². The number of fused-ring (bicyclic) bond motifs is 1. The van der Waals surface area contributed by atoms with E-state index in [-0.39, 0.29) is 53.5 Å². The van der Waals surface area contributed by atoms with E-state index in [4.69, 9.17) is 9.47 Å². The average molecular weight is 597 g/mol. The van der Waals surface area contributed by atoms with Crippen molar-refractivity contribution in [3.63, 3.8) is 0 Å². The molecule has 224 valence electrons. The molecule has 4 rings (SSSR count). The summed E-state index contributed by atoms with van der Waals surface area (Å²) in [7, 11) is -0.823. The van der Waals surface area contributed by atoms with Crippen molar-refractivity contribution in [1.82, 2.24) is 9.80 Å². The number of benzene rings is 3. The minimum Gasteiger partial charge on any atom is -0.497 e. The fourth-order valence-electron chi connectivity index (χ4n) is 4.59. The maximum atomic E-state index is 13.7. The fourth-order valence-corrected chi connectivity index (χ4v) is 5.67. The number of ether oxygens (including phenoxy) is 2. The molecule has 3 amide bonds. The number of nitrogens with zero attached hydrogens (tertiary/aromatic N) is 2. The Hall–Kier alpha value is -4.29. The van der Waals surface area contributed by atoms with Gasteiger partial charge in [0.1, 0.15) is 11.9 Å². The number of anilines is 2. The number of amides is 3. The molecule has 0 fully saturated rings. The Morgan fingerprint density at radius 3 is 2.45 bits per heavy atom. The van der Waals surface area contributed by atoms with Crippen LogP contribution in [0, 0.1) is 5.92 Å². The fraction of sp³-hybridized carbons (Fsp3) is 0.333. The van der Waals surface area contributed by atoms with Gasteiger partial charge in [0.15, 0.2) is 5.75 Å². The van der Waals surface area contributed by atoms with Crippen LogP contribution in [0.5, 0.6) is 11.5 Å². The number of rotatable bonds is 9. The SMILES string of the molecule is COc1ccc(NC(=O)N(C)C[C@H]2Oc3c(NS(=O)(=O)c4ccccc4)cccc3C(=O)N([C@H](C)CO)C[C@@H]2C)cc1. The molecule has 11 nitrogen and oxygen atoms in total. The van der Waals surface area contributed by atoms with Crippen molar-refractivity contribution >= 4 is 33.3 Å². The molecule has 1 aliphatic heterocycles. The Bertz CT molecular complexity index is 1500. The molecule has 0 saturated carbocycles. The average Bonchev–Trinajstić information content (AvgIpc) is 2.99. The minimum atomic E-state index is -4.01. The molecular weight excluding hydrogens is 560 g/mol. The van der Waals surface area contributed by atoms with Crippen LogP contribution >= 0.6 is 0 Å². The van der Waals surface area contributed by atoms with Crippen LogP contribution < -0.4 is 19.5 Å². The predicted octanol–water partition coefficient (Wildman–Crippen LogP) is 3.88. The van der Waals surface area contributed by atoms with E-state index in [1.54, 1.807) is 80.6 Å². The van der Waals surface area contributed by atoms with E-state index < -0.39 is 28.1 Å². The van der Waals surface area contributed by atoms with Crippen LogP contribution in [-0.4, -0.2) is 81.3 Å². The number of urea groups is 1. The van der Waals surface area contributed by atoms with E-state index in [0.717, 1.165) is 0 Å². The lowest BCUT2D eigenvalue weighted by atomic mass is 9.99. The summed E-state index contributed by atoms with van der Waals surface area (Å²) in [5, 5.41) is 12.7. The second-order valence-corrected chi connectivity index (χ2v) is 11.9. The van der Waals surface area contributed by atoms with Gasteiger partial charge in [0, 0.05) is 25.2 Å². The van der Waals surface area contributed by atoms with Gasteiger partial charge in [-0.05, 0) is 55.5 Å². The summed E-state index contributed by atoms with van der Waals surface area (Å²) in [5.74, 6) is 0.0126. The molecule has 1 aliphatic rings. The Labute approximate surface area is 246 Å².